The quantitative estimate of drug-likeness (QED) is 0.581. The minimum atomic E-state index is -0.667. The number of hydrogen-bond donors (Lipinski definition) is 1. The van der Waals surface area contributed by atoms with Crippen molar-refractivity contribution >= 4 is 16.3 Å². The molecule has 3 aromatic carbocycles. The zero-order valence-corrected chi connectivity index (χ0v) is 17.2. The Bertz CT molecular complexity index is 1030. The first-order valence-electron chi connectivity index (χ1n) is 9.97. The van der Waals surface area contributed by atoms with Gasteiger partial charge in [-0.05, 0) is 47.9 Å². The van der Waals surface area contributed by atoms with Gasteiger partial charge in [0.25, 0.3) is 0 Å². The van der Waals surface area contributed by atoms with E-state index in [1.54, 1.807) is 0 Å². The van der Waals surface area contributed by atoms with Gasteiger partial charge in [0, 0.05) is 5.56 Å². The molecule has 1 aliphatic rings. The van der Waals surface area contributed by atoms with Crippen LogP contribution < -0.4 is 4.74 Å². The van der Waals surface area contributed by atoms with Gasteiger partial charge in [0.15, 0.2) is 0 Å². The van der Waals surface area contributed by atoms with Crippen LogP contribution in [-0.2, 0) is 14.5 Å². The molecule has 1 saturated heterocycles. The van der Waals surface area contributed by atoms with E-state index in [9.17, 15) is 5.11 Å². The van der Waals surface area contributed by atoms with Crippen molar-refractivity contribution in [2.24, 2.45) is 0 Å². The van der Waals surface area contributed by atoms with Crippen molar-refractivity contribution < 1.29 is 24.4 Å². The molecule has 5 heteroatoms. The lowest BCUT2D eigenvalue weighted by Crippen LogP contribution is -2.32. The van der Waals surface area contributed by atoms with Crippen LogP contribution in [0.5, 0.6) is 5.75 Å². The molecule has 1 aliphatic heterocycles. The summed E-state index contributed by atoms with van der Waals surface area (Å²) in [6, 6.07) is 21.7. The van der Waals surface area contributed by atoms with E-state index in [1.165, 1.54) is 0 Å². The van der Waals surface area contributed by atoms with Gasteiger partial charge in [-0.1, -0.05) is 61.2 Å². The molecule has 0 aromatic heterocycles. The monoisotopic (exact) mass is 406 g/mol. The fourth-order valence-electron chi connectivity index (χ4n) is 3.40. The minimum absolute atomic E-state index is 0.0822. The van der Waals surface area contributed by atoms with Crippen LogP contribution in [0.15, 0.2) is 73.3 Å². The van der Waals surface area contributed by atoms with Crippen LogP contribution >= 0.6 is 0 Å². The maximum Gasteiger partial charge on any atom is 0.218 e. The third kappa shape index (κ3) is 4.40. The van der Waals surface area contributed by atoms with Gasteiger partial charge in [-0.25, -0.2) is 4.89 Å². The molecule has 0 aliphatic carbocycles. The van der Waals surface area contributed by atoms with Gasteiger partial charge in [-0.15, -0.1) is 0 Å². The van der Waals surface area contributed by atoms with Crippen LogP contribution in [0.25, 0.3) is 16.3 Å². The number of rotatable bonds is 6. The lowest BCUT2D eigenvalue weighted by Gasteiger charge is -2.30. The van der Waals surface area contributed by atoms with Crippen molar-refractivity contribution in [3.8, 4) is 5.75 Å². The van der Waals surface area contributed by atoms with Gasteiger partial charge in [-0.3, -0.25) is 0 Å². The summed E-state index contributed by atoms with van der Waals surface area (Å²) in [5, 5.41) is 11.6. The van der Waals surface area contributed by atoms with Crippen molar-refractivity contribution in [2.75, 3.05) is 13.2 Å². The molecule has 0 radical (unpaired) electrons. The largest absolute Gasteiger partial charge is 0.485 e. The van der Waals surface area contributed by atoms with Crippen LogP contribution in [0.1, 0.15) is 31.3 Å². The first kappa shape index (κ1) is 20.6. The third-order valence-electron chi connectivity index (χ3n) is 5.10. The molecule has 156 valence electrons. The van der Waals surface area contributed by atoms with Gasteiger partial charge in [0.1, 0.15) is 17.5 Å². The third-order valence-corrected chi connectivity index (χ3v) is 5.10. The van der Waals surface area contributed by atoms with Crippen molar-refractivity contribution in [2.45, 2.75) is 31.8 Å². The second-order valence-electron chi connectivity index (χ2n) is 7.99. The Morgan fingerprint density at radius 2 is 1.83 bits per heavy atom. The first-order chi connectivity index (χ1) is 14.5. The number of fused-ring (bicyclic) bond motifs is 1. The smallest absolute Gasteiger partial charge is 0.218 e. The van der Waals surface area contributed by atoms with Gasteiger partial charge < -0.3 is 14.6 Å². The summed E-state index contributed by atoms with van der Waals surface area (Å²) in [7, 11) is 0. The Morgan fingerprint density at radius 3 is 2.60 bits per heavy atom. The minimum Gasteiger partial charge on any atom is -0.485 e. The van der Waals surface area contributed by atoms with E-state index in [4.69, 9.17) is 19.2 Å². The molecule has 2 atom stereocenters. The molecule has 1 fully saturated rings. The molecule has 0 bridgehead atoms. The van der Waals surface area contributed by atoms with Crippen molar-refractivity contribution in [1.29, 1.82) is 0 Å². The summed E-state index contributed by atoms with van der Waals surface area (Å²) in [4.78, 5) is 11.3. The second kappa shape index (κ2) is 8.58. The Labute approximate surface area is 176 Å². The molecular weight excluding hydrogens is 380 g/mol. The number of benzene rings is 3. The van der Waals surface area contributed by atoms with Crippen molar-refractivity contribution in [1.82, 2.24) is 0 Å². The molecule has 2 unspecified atom stereocenters. The van der Waals surface area contributed by atoms with E-state index in [1.807, 2.05) is 68.4 Å². The predicted octanol–water partition coefficient (Wildman–Crippen LogP) is 5.05. The number of ether oxygens (including phenoxy) is 2. The summed E-state index contributed by atoms with van der Waals surface area (Å²) in [6.45, 7) is 8.06. The zero-order valence-electron chi connectivity index (χ0n) is 17.2. The molecule has 3 aromatic rings. The number of aliphatic hydroxyl groups is 1. The van der Waals surface area contributed by atoms with E-state index < -0.39 is 18.0 Å². The molecule has 1 N–H and O–H groups in total. The second-order valence-corrected chi connectivity index (χ2v) is 7.99. The van der Waals surface area contributed by atoms with Gasteiger partial charge in [-0.2, -0.15) is 4.89 Å². The Hall–Kier alpha value is -2.70. The summed E-state index contributed by atoms with van der Waals surface area (Å²) < 4.78 is 11.8. The Balaban J connectivity index is 1.45. The summed E-state index contributed by atoms with van der Waals surface area (Å²) >= 11 is 0. The van der Waals surface area contributed by atoms with Crippen LogP contribution in [-0.4, -0.2) is 30.0 Å². The number of hydrogen-bond acceptors (Lipinski definition) is 5. The van der Waals surface area contributed by atoms with E-state index in [-0.39, 0.29) is 6.61 Å². The number of aliphatic hydroxyl groups excluding tert-OH is 1. The fourth-order valence-corrected chi connectivity index (χ4v) is 3.40. The highest BCUT2D eigenvalue weighted by Gasteiger charge is 2.29. The fraction of sp³-hybridized carbons (Fsp3) is 0.280. The van der Waals surface area contributed by atoms with E-state index in [2.05, 4.69) is 18.7 Å². The van der Waals surface area contributed by atoms with Gasteiger partial charge in [0.2, 0.25) is 6.29 Å². The normalized spacial score (nSPS) is 19.6. The molecule has 0 amide bonds. The van der Waals surface area contributed by atoms with Crippen LogP contribution in [0.3, 0.4) is 0 Å². The standard InChI is InChI=1S/C25H26O5/c1-17(19-10-6-11-20(14-19)28-25(2,3)16-26)23-15-27-24(30-29-23)22-13-7-9-18-8-4-5-12-21(18)22/h4-14,23-24,26H,1,15-16H2,2-3H3. The highest BCUT2D eigenvalue weighted by Crippen LogP contribution is 2.34. The SMILES string of the molecule is C=C(c1cccc(OC(C)(C)CO)c1)C1COC(c2cccc3ccccc23)OO1. The average molecular weight is 406 g/mol. The predicted molar refractivity (Wildman–Crippen MR) is 116 cm³/mol. The highest BCUT2D eigenvalue weighted by atomic mass is 17.2. The van der Waals surface area contributed by atoms with Crippen molar-refractivity contribution in [3.05, 3.63) is 84.4 Å². The van der Waals surface area contributed by atoms with Crippen LogP contribution in [0.2, 0.25) is 0 Å². The molecular formula is C25H26O5. The Morgan fingerprint density at radius 1 is 1.07 bits per heavy atom. The lowest BCUT2D eigenvalue weighted by atomic mass is 10.0. The van der Waals surface area contributed by atoms with Crippen LogP contribution in [0.4, 0.5) is 0 Å². The lowest BCUT2D eigenvalue weighted by molar-refractivity contribution is -0.435. The summed E-state index contributed by atoms with van der Waals surface area (Å²) in [5.41, 5.74) is 1.86. The molecule has 0 saturated carbocycles. The molecule has 5 nitrogen and oxygen atoms in total. The molecule has 1 heterocycles. The zero-order chi connectivity index (χ0) is 21.1. The summed E-state index contributed by atoms with van der Waals surface area (Å²) in [5.74, 6) is 0.652. The first-order valence-corrected chi connectivity index (χ1v) is 9.97. The average Bonchev–Trinajstić information content (AvgIpc) is 2.78. The van der Waals surface area contributed by atoms with Crippen molar-refractivity contribution in [3.63, 3.8) is 0 Å². The van der Waals surface area contributed by atoms with E-state index in [0.717, 1.165) is 27.5 Å². The van der Waals surface area contributed by atoms with Crippen LogP contribution in [0, 0.1) is 0 Å². The Kier molecular flexibility index (Phi) is 5.88. The van der Waals surface area contributed by atoms with E-state index in [0.29, 0.717) is 12.4 Å². The van der Waals surface area contributed by atoms with E-state index >= 15 is 0 Å². The van der Waals surface area contributed by atoms with Gasteiger partial charge >= 0.3 is 0 Å². The topological polar surface area (TPSA) is 57.2 Å². The van der Waals surface area contributed by atoms with Gasteiger partial charge in [0.05, 0.1) is 13.2 Å². The molecule has 0 spiro atoms. The highest BCUT2D eigenvalue weighted by molar-refractivity contribution is 5.85. The molecule has 30 heavy (non-hydrogen) atoms. The maximum atomic E-state index is 9.43. The molecule has 4 rings (SSSR count). The maximum absolute atomic E-state index is 9.43. The summed E-state index contributed by atoms with van der Waals surface area (Å²) in [6.07, 6.45) is -1.03.